The maximum Gasteiger partial charge on any atom is 0.368 e. The maximum absolute atomic E-state index is 11.7. The van der Waals surface area contributed by atoms with Crippen molar-refractivity contribution in [3.05, 3.63) is 16.7 Å². The zero-order valence-electron chi connectivity index (χ0n) is 10.6. The molecule has 0 spiro atoms. The minimum Gasteiger partial charge on any atom is -0.394 e. The summed E-state index contributed by atoms with van der Waals surface area (Å²) >= 11 is 0. The van der Waals surface area contributed by atoms with E-state index in [1.165, 1.54) is 6.92 Å². The third-order valence-electron chi connectivity index (χ3n) is 2.95. The Bertz CT molecular complexity index is 621. The Morgan fingerprint density at radius 3 is 2.90 bits per heavy atom. The van der Waals surface area contributed by atoms with Gasteiger partial charge in [0.15, 0.2) is 6.23 Å². The summed E-state index contributed by atoms with van der Waals surface area (Å²) in [5, 5.41) is 33.3. The highest BCUT2D eigenvalue weighted by molar-refractivity contribution is 5.23. The van der Waals surface area contributed by atoms with Gasteiger partial charge in [0.1, 0.15) is 18.0 Å². The van der Waals surface area contributed by atoms with Crippen molar-refractivity contribution in [2.75, 3.05) is 12.3 Å². The highest BCUT2D eigenvalue weighted by Gasteiger charge is 2.56. The van der Waals surface area contributed by atoms with Crippen LogP contribution >= 0.6 is 0 Å². The van der Waals surface area contributed by atoms with Crippen molar-refractivity contribution < 1.29 is 20.1 Å². The van der Waals surface area contributed by atoms with Crippen molar-refractivity contribution >= 4 is 5.82 Å². The van der Waals surface area contributed by atoms with Gasteiger partial charge < -0.3 is 25.8 Å². The van der Waals surface area contributed by atoms with Gasteiger partial charge in [0.2, 0.25) is 5.60 Å². The average Bonchev–Trinajstić information content (AvgIpc) is 2.63. The molecule has 0 aromatic carbocycles. The Balaban J connectivity index is 2.52. The molecule has 1 aromatic heterocycles. The molecule has 9 heteroatoms. The van der Waals surface area contributed by atoms with Crippen LogP contribution in [0, 0.1) is 11.8 Å². The van der Waals surface area contributed by atoms with Crippen LogP contribution in [0.3, 0.4) is 0 Å². The molecule has 1 saturated heterocycles. The number of aliphatic hydroxyl groups is 3. The zero-order valence-corrected chi connectivity index (χ0v) is 10.6. The quantitative estimate of drug-likeness (QED) is 0.427. The number of hydrogen-bond donors (Lipinski definition) is 4. The molecule has 5 N–H and O–H groups in total. The Morgan fingerprint density at radius 1 is 1.65 bits per heavy atom. The van der Waals surface area contributed by atoms with Gasteiger partial charge in [0.25, 0.3) is 0 Å². The number of aromatic nitrogens is 3. The van der Waals surface area contributed by atoms with Gasteiger partial charge in [0.05, 0.1) is 12.8 Å². The van der Waals surface area contributed by atoms with E-state index in [9.17, 15) is 15.0 Å². The lowest BCUT2D eigenvalue weighted by molar-refractivity contribution is -0.0836. The number of nitrogens with two attached hydrogens (primary N) is 1. The van der Waals surface area contributed by atoms with E-state index in [-0.39, 0.29) is 5.82 Å². The van der Waals surface area contributed by atoms with Gasteiger partial charge in [-0.05, 0) is 6.92 Å². The van der Waals surface area contributed by atoms with Gasteiger partial charge in [-0.2, -0.15) is 14.8 Å². The average molecular weight is 282 g/mol. The number of nitrogens with zero attached hydrogens (tertiary/aromatic N) is 3. The first-order chi connectivity index (χ1) is 9.43. The summed E-state index contributed by atoms with van der Waals surface area (Å²) in [6.45, 7) is 0.897. The van der Waals surface area contributed by atoms with E-state index < -0.39 is 36.3 Å². The van der Waals surface area contributed by atoms with Crippen molar-refractivity contribution in [1.29, 1.82) is 0 Å². The first kappa shape index (κ1) is 14.4. The second-order valence-electron chi connectivity index (χ2n) is 4.26. The van der Waals surface area contributed by atoms with E-state index in [4.69, 9.17) is 15.6 Å². The molecule has 0 aliphatic carbocycles. The lowest BCUT2D eigenvalue weighted by Crippen LogP contribution is -2.48. The first-order valence-electron chi connectivity index (χ1n) is 5.76. The molecule has 1 fully saturated rings. The van der Waals surface area contributed by atoms with E-state index in [2.05, 4.69) is 21.9 Å². The minimum absolute atomic E-state index is 0.0892. The molecule has 0 saturated carbocycles. The minimum atomic E-state index is -2.09. The third kappa shape index (κ3) is 2.14. The van der Waals surface area contributed by atoms with Crippen molar-refractivity contribution in [2.24, 2.45) is 0 Å². The number of hydrogen-bond acceptors (Lipinski definition) is 8. The van der Waals surface area contributed by atoms with Gasteiger partial charge in [0, 0.05) is 0 Å². The summed E-state index contributed by atoms with van der Waals surface area (Å²) in [5.41, 5.74) is 2.38. The monoisotopic (exact) mass is 282 g/mol. The van der Waals surface area contributed by atoms with E-state index in [0.717, 1.165) is 10.9 Å². The van der Waals surface area contributed by atoms with E-state index in [0.29, 0.717) is 0 Å². The van der Waals surface area contributed by atoms with Gasteiger partial charge in [-0.3, -0.25) is 0 Å². The second kappa shape index (κ2) is 5.18. The van der Waals surface area contributed by atoms with Crippen molar-refractivity contribution in [3.8, 4) is 11.8 Å². The maximum atomic E-state index is 11.7. The molecule has 1 aliphatic heterocycles. The molecular formula is C11H14N4O5. The summed E-state index contributed by atoms with van der Waals surface area (Å²) in [7, 11) is 0. The molecule has 1 aromatic rings. The van der Waals surface area contributed by atoms with Gasteiger partial charge >= 0.3 is 5.69 Å². The topological polar surface area (TPSA) is 144 Å². The van der Waals surface area contributed by atoms with Crippen LogP contribution in [-0.2, 0) is 4.74 Å². The standard InChI is InChI=1S/C11H14N4O5/c1-2-3-11(19)8(17)6(5-16)20-9(11)15-10(18)14-7(12)4-13-15/h4,6,8-9,16-17,19H,5H2,1H3,(H2,12,14,18)/t6-,8?,9-,11-/m1/s1. The molecule has 2 heterocycles. The molecular weight excluding hydrogens is 268 g/mol. The largest absolute Gasteiger partial charge is 0.394 e. The molecule has 108 valence electrons. The summed E-state index contributed by atoms with van der Waals surface area (Å²) in [5.74, 6) is 4.74. The fourth-order valence-corrected chi connectivity index (χ4v) is 2.02. The van der Waals surface area contributed by atoms with E-state index in [1.807, 2.05) is 0 Å². The van der Waals surface area contributed by atoms with E-state index >= 15 is 0 Å². The Hall–Kier alpha value is -1.99. The molecule has 0 radical (unpaired) electrons. The van der Waals surface area contributed by atoms with Crippen LogP contribution in [-0.4, -0.2) is 54.5 Å². The smallest absolute Gasteiger partial charge is 0.368 e. The number of aliphatic hydroxyl groups excluding tert-OH is 2. The zero-order chi connectivity index (χ0) is 14.9. The summed E-state index contributed by atoms with van der Waals surface area (Å²) in [6.07, 6.45) is -2.90. The Kier molecular flexibility index (Phi) is 3.74. The lowest BCUT2D eigenvalue weighted by Gasteiger charge is -2.25. The molecule has 20 heavy (non-hydrogen) atoms. The van der Waals surface area contributed by atoms with Crippen LogP contribution < -0.4 is 11.4 Å². The SMILES string of the molecule is CC#C[C@@]1(O)C(O)[C@@H](CO)O[C@H]1n1ncc(N)nc1=O. The number of ether oxygens (including phenoxy) is 1. The molecule has 4 atom stereocenters. The molecule has 1 aliphatic rings. The highest BCUT2D eigenvalue weighted by atomic mass is 16.6. The molecule has 1 unspecified atom stereocenters. The highest BCUT2D eigenvalue weighted by Crippen LogP contribution is 2.36. The fourth-order valence-electron chi connectivity index (χ4n) is 2.02. The van der Waals surface area contributed by atoms with E-state index in [1.54, 1.807) is 0 Å². The Labute approximate surface area is 113 Å². The Morgan fingerprint density at radius 2 is 2.35 bits per heavy atom. The third-order valence-corrected chi connectivity index (χ3v) is 2.95. The fraction of sp³-hybridized carbons (Fsp3) is 0.545. The van der Waals surface area contributed by atoms with Crippen LogP contribution in [0.1, 0.15) is 13.2 Å². The summed E-state index contributed by atoms with van der Waals surface area (Å²) in [4.78, 5) is 15.2. The number of anilines is 1. The first-order valence-corrected chi connectivity index (χ1v) is 5.76. The van der Waals surface area contributed by atoms with Crippen LogP contribution in [0.5, 0.6) is 0 Å². The van der Waals surface area contributed by atoms with Gasteiger partial charge in [-0.1, -0.05) is 5.92 Å². The number of rotatable bonds is 2. The molecule has 0 amide bonds. The normalized spacial score (nSPS) is 32.7. The predicted molar refractivity (Wildman–Crippen MR) is 66.1 cm³/mol. The number of nitrogen functional groups attached to an aromatic ring is 1. The van der Waals surface area contributed by atoms with Crippen molar-refractivity contribution in [1.82, 2.24) is 14.8 Å². The van der Waals surface area contributed by atoms with Gasteiger partial charge in [-0.15, -0.1) is 5.92 Å². The van der Waals surface area contributed by atoms with Crippen LogP contribution in [0.2, 0.25) is 0 Å². The summed E-state index contributed by atoms with van der Waals surface area (Å²) in [6, 6.07) is 0. The summed E-state index contributed by atoms with van der Waals surface area (Å²) < 4.78 is 5.99. The molecule has 0 bridgehead atoms. The van der Waals surface area contributed by atoms with Crippen molar-refractivity contribution in [3.63, 3.8) is 0 Å². The van der Waals surface area contributed by atoms with Crippen LogP contribution in [0.4, 0.5) is 5.82 Å². The molecule has 2 rings (SSSR count). The lowest BCUT2D eigenvalue weighted by atomic mass is 9.95. The second-order valence-corrected chi connectivity index (χ2v) is 4.26. The van der Waals surface area contributed by atoms with Gasteiger partial charge in [-0.25, -0.2) is 4.79 Å². The predicted octanol–water partition coefficient (Wildman–Crippen LogP) is -2.77. The van der Waals surface area contributed by atoms with Crippen LogP contribution in [0.15, 0.2) is 11.0 Å². The van der Waals surface area contributed by atoms with Crippen LogP contribution in [0.25, 0.3) is 0 Å². The van der Waals surface area contributed by atoms with Crippen molar-refractivity contribution in [2.45, 2.75) is 31.0 Å². The molecule has 9 nitrogen and oxygen atoms in total.